The average Bonchev–Trinajstić information content (AvgIpc) is 2.36. The van der Waals surface area contributed by atoms with E-state index in [4.69, 9.17) is 16.9 Å². The van der Waals surface area contributed by atoms with Gasteiger partial charge in [-0.1, -0.05) is 11.6 Å². The van der Waals surface area contributed by atoms with Gasteiger partial charge in [-0.2, -0.15) is 5.26 Å². The van der Waals surface area contributed by atoms with E-state index in [0.717, 1.165) is 15.7 Å². The lowest BCUT2D eigenvalue weighted by atomic mass is 10.2. The summed E-state index contributed by atoms with van der Waals surface area (Å²) >= 11 is 9.47. The molecule has 2 aromatic rings. The zero-order valence-electron chi connectivity index (χ0n) is 9.97. The Hall–Kier alpha value is -1.57. The van der Waals surface area contributed by atoms with E-state index in [-0.39, 0.29) is 5.56 Å². The summed E-state index contributed by atoms with van der Waals surface area (Å²) in [6.45, 7) is 1.90. The number of anilines is 2. The highest BCUT2D eigenvalue weighted by Gasteiger charge is 2.07. The molecular formula is C14H9BrClFN2. The lowest BCUT2D eigenvalue weighted by molar-refractivity contribution is 0.624. The van der Waals surface area contributed by atoms with Crippen LogP contribution in [-0.4, -0.2) is 0 Å². The van der Waals surface area contributed by atoms with Crippen LogP contribution in [0.4, 0.5) is 15.8 Å². The highest BCUT2D eigenvalue weighted by atomic mass is 79.9. The molecule has 19 heavy (non-hydrogen) atoms. The number of rotatable bonds is 2. The predicted octanol–water partition coefficient (Wildman–Crippen LogP) is 5.17. The number of aryl methyl sites for hydroxylation is 1. The Morgan fingerprint density at radius 1 is 1.32 bits per heavy atom. The normalized spacial score (nSPS) is 10.1. The van der Waals surface area contributed by atoms with Crippen LogP contribution in [0.1, 0.15) is 11.1 Å². The van der Waals surface area contributed by atoms with Crippen LogP contribution in [0.3, 0.4) is 0 Å². The van der Waals surface area contributed by atoms with Crippen LogP contribution in [0, 0.1) is 24.1 Å². The van der Waals surface area contributed by atoms with Gasteiger partial charge in [-0.05, 0) is 58.7 Å². The molecule has 0 aliphatic heterocycles. The van der Waals surface area contributed by atoms with Crippen molar-refractivity contribution in [3.8, 4) is 6.07 Å². The first-order valence-corrected chi connectivity index (χ1v) is 6.60. The Labute approximate surface area is 123 Å². The van der Waals surface area contributed by atoms with Crippen molar-refractivity contribution < 1.29 is 4.39 Å². The van der Waals surface area contributed by atoms with Crippen LogP contribution in [0.25, 0.3) is 0 Å². The van der Waals surface area contributed by atoms with Crippen molar-refractivity contribution in [1.82, 2.24) is 0 Å². The van der Waals surface area contributed by atoms with Gasteiger partial charge in [-0.15, -0.1) is 0 Å². The fourth-order valence-electron chi connectivity index (χ4n) is 1.58. The molecule has 1 N–H and O–H groups in total. The number of hydrogen-bond donors (Lipinski definition) is 1. The molecule has 0 aliphatic rings. The zero-order valence-corrected chi connectivity index (χ0v) is 12.3. The lowest BCUT2D eigenvalue weighted by Crippen LogP contribution is -1.94. The molecule has 0 heterocycles. The van der Waals surface area contributed by atoms with E-state index < -0.39 is 5.82 Å². The monoisotopic (exact) mass is 338 g/mol. The molecule has 5 heteroatoms. The first-order chi connectivity index (χ1) is 9.01. The molecule has 0 saturated heterocycles. The van der Waals surface area contributed by atoms with Crippen molar-refractivity contribution >= 4 is 38.9 Å². The first-order valence-electron chi connectivity index (χ1n) is 5.43. The molecular weight excluding hydrogens is 331 g/mol. The fourth-order valence-corrected chi connectivity index (χ4v) is 2.30. The quantitative estimate of drug-likeness (QED) is 0.819. The van der Waals surface area contributed by atoms with Crippen molar-refractivity contribution in [2.24, 2.45) is 0 Å². The van der Waals surface area contributed by atoms with Crippen molar-refractivity contribution in [2.45, 2.75) is 6.92 Å². The minimum absolute atomic E-state index is 0.0200. The van der Waals surface area contributed by atoms with Crippen molar-refractivity contribution in [1.29, 1.82) is 5.26 Å². The van der Waals surface area contributed by atoms with Crippen molar-refractivity contribution in [2.75, 3.05) is 5.32 Å². The molecule has 2 aromatic carbocycles. The van der Waals surface area contributed by atoms with E-state index >= 15 is 0 Å². The third kappa shape index (κ3) is 3.06. The van der Waals surface area contributed by atoms with E-state index in [1.54, 1.807) is 18.2 Å². The van der Waals surface area contributed by atoms with Gasteiger partial charge < -0.3 is 5.32 Å². The summed E-state index contributed by atoms with van der Waals surface area (Å²) in [5.74, 6) is -0.554. The zero-order chi connectivity index (χ0) is 14.0. The standard InChI is InChI=1S/C14H9BrClFN2/c1-8-4-11(15)14(6-12(8)16)19-10-3-2-9(7-18)13(17)5-10/h2-6,19H,1H3. The Bertz CT molecular complexity index is 680. The molecule has 0 unspecified atom stereocenters. The summed E-state index contributed by atoms with van der Waals surface area (Å²) in [5, 5.41) is 12.4. The van der Waals surface area contributed by atoms with Gasteiger partial charge in [0.1, 0.15) is 11.9 Å². The van der Waals surface area contributed by atoms with Gasteiger partial charge in [0.15, 0.2) is 0 Å². The van der Waals surface area contributed by atoms with Gasteiger partial charge >= 0.3 is 0 Å². The number of nitrogens with zero attached hydrogens (tertiary/aromatic N) is 1. The number of hydrogen-bond acceptors (Lipinski definition) is 2. The van der Waals surface area contributed by atoms with Crippen LogP contribution in [-0.2, 0) is 0 Å². The second-order valence-electron chi connectivity index (χ2n) is 4.01. The predicted molar refractivity (Wildman–Crippen MR) is 78.3 cm³/mol. The van der Waals surface area contributed by atoms with Gasteiger partial charge in [0, 0.05) is 15.2 Å². The molecule has 0 radical (unpaired) electrons. The van der Waals surface area contributed by atoms with Crippen LogP contribution in [0.2, 0.25) is 5.02 Å². The summed E-state index contributed by atoms with van der Waals surface area (Å²) in [6, 6.07) is 9.77. The van der Waals surface area contributed by atoms with Crippen molar-refractivity contribution in [3.05, 3.63) is 56.8 Å². The van der Waals surface area contributed by atoms with Gasteiger partial charge in [-0.25, -0.2) is 4.39 Å². The summed E-state index contributed by atoms with van der Waals surface area (Å²) in [5.41, 5.74) is 2.26. The summed E-state index contributed by atoms with van der Waals surface area (Å²) in [7, 11) is 0. The largest absolute Gasteiger partial charge is 0.354 e. The highest BCUT2D eigenvalue weighted by molar-refractivity contribution is 9.10. The minimum atomic E-state index is -0.554. The maximum absolute atomic E-state index is 13.5. The van der Waals surface area contributed by atoms with Crippen LogP contribution < -0.4 is 5.32 Å². The summed E-state index contributed by atoms with van der Waals surface area (Å²) in [4.78, 5) is 0. The first kappa shape index (κ1) is 13.9. The molecule has 0 atom stereocenters. The summed E-state index contributed by atoms with van der Waals surface area (Å²) in [6.07, 6.45) is 0. The molecule has 0 saturated carbocycles. The van der Waals surface area contributed by atoms with Gasteiger partial charge in [-0.3, -0.25) is 0 Å². The third-order valence-corrected chi connectivity index (χ3v) is 3.68. The lowest BCUT2D eigenvalue weighted by Gasteiger charge is -2.11. The third-order valence-electron chi connectivity index (χ3n) is 2.62. The molecule has 2 rings (SSSR count). The molecule has 0 fully saturated rings. The molecule has 0 amide bonds. The number of halogens is 3. The van der Waals surface area contributed by atoms with Gasteiger partial charge in [0.25, 0.3) is 0 Å². The van der Waals surface area contributed by atoms with Gasteiger partial charge in [0.05, 0.1) is 11.3 Å². The van der Waals surface area contributed by atoms with Gasteiger partial charge in [0.2, 0.25) is 0 Å². The van der Waals surface area contributed by atoms with E-state index in [1.165, 1.54) is 12.1 Å². The topological polar surface area (TPSA) is 35.8 Å². The second kappa shape index (κ2) is 5.60. The SMILES string of the molecule is Cc1cc(Br)c(Nc2ccc(C#N)c(F)c2)cc1Cl. The molecule has 0 aliphatic carbocycles. The second-order valence-corrected chi connectivity index (χ2v) is 5.27. The average molecular weight is 340 g/mol. The van der Waals surface area contributed by atoms with Crippen LogP contribution >= 0.6 is 27.5 Å². The number of nitrogens with one attached hydrogen (secondary N) is 1. The highest BCUT2D eigenvalue weighted by Crippen LogP contribution is 2.31. The molecule has 2 nitrogen and oxygen atoms in total. The van der Waals surface area contributed by atoms with E-state index in [9.17, 15) is 4.39 Å². The van der Waals surface area contributed by atoms with E-state index in [0.29, 0.717) is 10.7 Å². The Morgan fingerprint density at radius 3 is 2.68 bits per heavy atom. The Morgan fingerprint density at radius 2 is 2.05 bits per heavy atom. The Balaban J connectivity index is 2.34. The maximum atomic E-state index is 13.5. The van der Waals surface area contributed by atoms with Crippen LogP contribution in [0.5, 0.6) is 0 Å². The molecule has 0 spiro atoms. The number of benzene rings is 2. The summed E-state index contributed by atoms with van der Waals surface area (Å²) < 4.78 is 14.3. The van der Waals surface area contributed by atoms with Crippen LogP contribution in [0.15, 0.2) is 34.8 Å². The smallest absolute Gasteiger partial charge is 0.143 e. The molecule has 0 aromatic heterocycles. The molecule has 96 valence electrons. The Kier molecular flexibility index (Phi) is 4.08. The fraction of sp³-hybridized carbons (Fsp3) is 0.0714. The maximum Gasteiger partial charge on any atom is 0.143 e. The number of nitriles is 1. The molecule has 0 bridgehead atoms. The van der Waals surface area contributed by atoms with Crippen molar-refractivity contribution in [3.63, 3.8) is 0 Å². The van der Waals surface area contributed by atoms with E-state index in [2.05, 4.69) is 21.2 Å². The van der Waals surface area contributed by atoms with E-state index in [1.807, 2.05) is 13.0 Å². The minimum Gasteiger partial charge on any atom is -0.354 e.